The van der Waals surface area contributed by atoms with Gasteiger partial charge in [0, 0.05) is 17.6 Å². The minimum atomic E-state index is -0.588. The summed E-state index contributed by atoms with van der Waals surface area (Å²) in [6.07, 6.45) is 1.35. The first kappa shape index (κ1) is 14.6. The Morgan fingerprint density at radius 1 is 1.30 bits per heavy atom. The van der Waals surface area contributed by atoms with Crippen LogP contribution in [0.4, 0.5) is 15.8 Å². The van der Waals surface area contributed by atoms with Gasteiger partial charge in [0.2, 0.25) is 0 Å². The van der Waals surface area contributed by atoms with E-state index in [9.17, 15) is 9.18 Å². The Balaban J connectivity index is 2.33. The Hall–Kier alpha value is -1.85. The van der Waals surface area contributed by atoms with Crippen LogP contribution in [0.15, 0.2) is 24.4 Å². The van der Waals surface area contributed by atoms with Crippen molar-refractivity contribution < 1.29 is 9.18 Å². The molecule has 0 saturated carbocycles. The molecule has 0 spiro atoms. The van der Waals surface area contributed by atoms with Crippen molar-refractivity contribution in [3.63, 3.8) is 0 Å². The summed E-state index contributed by atoms with van der Waals surface area (Å²) in [5, 5.41) is 2.50. The molecule has 2 rings (SSSR count). The van der Waals surface area contributed by atoms with Crippen molar-refractivity contribution in [2.75, 3.05) is 11.1 Å². The number of hydrogen-bond donors (Lipinski definition) is 2. The van der Waals surface area contributed by atoms with Crippen molar-refractivity contribution in [2.45, 2.75) is 6.92 Å². The van der Waals surface area contributed by atoms with Crippen molar-refractivity contribution >= 4 is 40.5 Å². The second kappa shape index (κ2) is 5.64. The fraction of sp³-hybridized carbons (Fsp3) is 0.0769. The van der Waals surface area contributed by atoms with E-state index in [1.807, 2.05) is 0 Å². The number of carbonyl (C=O) groups excluding carboxylic acids is 1. The van der Waals surface area contributed by atoms with E-state index in [-0.39, 0.29) is 27.0 Å². The first-order valence-electron chi connectivity index (χ1n) is 5.56. The number of nitrogens with two attached hydrogens (primary N) is 1. The van der Waals surface area contributed by atoms with E-state index in [1.165, 1.54) is 6.20 Å². The average Bonchev–Trinajstić information content (AvgIpc) is 2.33. The molecule has 0 atom stereocenters. The predicted octanol–water partition coefficient (Wildman–Crippen LogP) is 3.67. The molecule has 2 aromatic rings. The second-order valence-corrected chi connectivity index (χ2v) is 4.93. The number of rotatable bonds is 2. The molecule has 0 saturated heterocycles. The van der Waals surface area contributed by atoms with Crippen molar-refractivity contribution in [2.24, 2.45) is 0 Å². The number of anilines is 2. The van der Waals surface area contributed by atoms with E-state index in [0.29, 0.717) is 5.69 Å². The molecule has 0 aliphatic rings. The van der Waals surface area contributed by atoms with Crippen LogP contribution >= 0.6 is 23.2 Å². The van der Waals surface area contributed by atoms with Crippen LogP contribution in [0, 0.1) is 12.7 Å². The van der Waals surface area contributed by atoms with Gasteiger partial charge in [-0.1, -0.05) is 23.2 Å². The van der Waals surface area contributed by atoms with Crippen molar-refractivity contribution in [1.29, 1.82) is 0 Å². The quantitative estimate of drug-likeness (QED) is 0.888. The van der Waals surface area contributed by atoms with Gasteiger partial charge in [-0.15, -0.1) is 0 Å². The molecule has 1 heterocycles. The van der Waals surface area contributed by atoms with Crippen LogP contribution in [0.5, 0.6) is 0 Å². The lowest BCUT2D eigenvalue weighted by Gasteiger charge is -2.11. The van der Waals surface area contributed by atoms with Gasteiger partial charge in [-0.25, -0.2) is 4.39 Å². The number of nitrogens with one attached hydrogen (secondary N) is 1. The summed E-state index contributed by atoms with van der Waals surface area (Å²) in [4.78, 5) is 16.1. The molecule has 1 amide bonds. The molecule has 20 heavy (non-hydrogen) atoms. The zero-order valence-corrected chi connectivity index (χ0v) is 11.9. The monoisotopic (exact) mass is 313 g/mol. The van der Waals surface area contributed by atoms with Gasteiger partial charge in [-0.05, 0) is 25.1 Å². The first-order valence-corrected chi connectivity index (χ1v) is 6.32. The van der Waals surface area contributed by atoms with Crippen LogP contribution in [-0.4, -0.2) is 10.9 Å². The molecule has 104 valence electrons. The standard InChI is InChI=1S/C13H10Cl2FN3O/c1-6-2-11(17)8(5-18-6)13(20)19-12-9(14)3-7(16)4-10(12)15/h2-5H,1H3,(H2,17,18)(H,19,20). The van der Waals surface area contributed by atoms with E-state index in [2.05, 4.69) is 10.3 Å². The van der Waals surface area contributed by atoms with Crippen molar-refractivity contribution in [3.05, 3.63) is 51.5 Å². The highest BCUT2D eigenvalue weighted by Crippen LogP contribution is 2.32. The van der Waals surface area contributed by atoms with Crippen LogP contribution in [0.2, 0.25) is 10.0 Å². The predicted molar refractivity (Wildman–Crippen MR) is 77.8 cm³/mol. The molecule has 0 unspecified atom stereocenters. The highest BCUT2D eigenvalue weighted by atomic mass is 35.5. The number of nitrogens with zero attached hydrogens (tertiary/aromatic N) is 1. The van der Waals surface area contributed by atoms with Crippen LogP contribution in [0.1, 0.15) is 16.1 Å². The van der Waals surface area contributed by atoms with Crippen LogP contribution in [-0.2, 0) is 0 Å². The lowest BCUT2D eigenvalue weighted by Crippen LogP contribution is -2.15. The minimum Gasteiger partial charge on any atom is -0.398 e. The fourth-order valence-electron chi connectivity index (χ4n) is 1.61. The Morgan fingerprint density at radius 2 is 1.90 bits per heavy atom. The summed E-state index contributed by atoms with van der Waals surface area (Å²) in [5.74, 6) is -1.11. The van der Waals surface area contributed by atoms with E-state index in [4.69, 9.17) is 28.9 Å². The molecule has 7 heteroatoms. The largest absolute Gasteiger partial charge is 0.398 e. The summed E-state index contributed by atoms with van der Waals surface area (Å²) >= 11 is 11.7. The van der Waals surface area contributed by atoms with Gasteiger partial charge in [0.25, 0.3) is 5.91 Å². The fourth-order valence-corrected chi connectivity index (χ4v) is 2.17. The highest BCUT2D eigenvalue weighted by Gasteiger charge is 2.15. The number of carbonyl (C=O) groups is 1. The summed E-state index contributed by atoms with van der Waals surface area (Å²) < 4.78 is 13.1. The third-order valence-corrected chi connectivity index (χ3v) is 3.16. The van der Waals surface area contributed by atoms with E-state index >= 15 is 0 Å². The van der Waals surface area contributed by atoms with Gasteiger partial charge >= 0.3 is 0 Å². The van der Waals surface area contributed by atoms with Gasteiger partial charge in [-0.3, -0.25) is 9.78 Å². The van der Waals surface area contributed by atoms with Gasteiger partial charge < -0.3 is 11.1 Å². The van der Waals surface area contributed by atoms with Gasteiger partial charge in [0.1, 0.15) is 5.82 Å². The molecule has 0 fully saturated rings. The van der Waals surface area contributed by atoms with Crippen LogP contribution in [0.25, 0.3) is 0 Å². The van der Waals surface area contributed by atoms with E-state index in [0.717, 1.165) is 12.1 Å². The first-order chi connectivity index (χ1) is 9.38. The number of pyridine rings is 1. The zero-order valence-electron chi connectivity index (χ0n) is 10.4. The van der Waals surface area contributed by atoms with Crippen LogP contribution < -0.4 is 11.1 Å². The molecule has 0 bridgehead atoms. The topological polar surface area (TPSA) is 68.0 Å². The SMILES string of the molecule is Cc1cc(N)c(C(=O)Nc2c(Cl)cc(F)cc2Cl)cn1. The summed E-state index contributed by atoms with van der Waals surface area (Å²) in [7, 11) is 0. The molecule has 0 radical (unpaired) electrons. The smallest absolute Gasteiger partial charge is 0.259 e. The van der Waals surface area contributed by atoms with Gasteiger partial charge in [0.05, 0.1) is 21.3 Å². The molecule has 0 aliphatic carbocycles. The van der Waals surface area contributed by atoms with E-state index in [1.54, 1.807) is 13.0 Å². The normalized spacial score (nSPS) is 10.4. The number of hydrogen-bond acceptors (Lipinski definition) is 3. The number of halogens is 3. The van der Waals surface area contributed by atoms with Crippen molar-refractivity contribution in [1.82, 2.24) is 4.98 Å². The Kier molecular flexibility index (Phi) is 4.11. The maximum absolute atomic E-state index is 13.1. The molecule has 4 nitrogen and oxygen atoms in total. The zero-order chi connectivity index (χ0) is 14.9. The summed E-state index contributed by atoms with van der Waals surface area (Å²) in [6, 6.07) is 3.68. The minimum absolute atomic E-state index is 0.00184. The lowest BCUT2D eigenvalue weighted by molar-refractivity contribution is 0.102. The van der Waals surface area contributed by atoms with Crippen LogP contribution in [0.3, 0.4) is 0 Å². The molecule has 3 N–H and O–H groups in total. The van der Waals surface area contributed by atoms with E-state index < -0.39 is 11.7 Å². The molecule has 0 aliphatic heterocycles. The van der Waals surface area contributed by atoms with Gasteiger partial charge in [-0.2, -0.15) is 0 Å². The maximum Gasteiger partial charge on any atom is 0.259 e. The number of nitrogen functional groups attached to an aromatic ring is 1. The maximum atomic E-state index is 13.1. The molecular weight excluding hydrogens is 304 g/mol. The number of aromatic nitrogens is 1. The van der Waals surface area contributed by atoms with Gasteiger partial charge in [0.15, 0.2) is 0 Å². The highest BCUT2D eigenvalue weighted by molar-refractivity contribution is 6.40. The molecular formula is C13H10Cl2FN3O. The Bertz CT molecular complexity index is 668. The second-order valence-electron chi connectivity index (χ2n) is 4.11. The third kappa shape index (κ3) is 3.00. The number of amides is 1. The van der Waals surface area contributed by atoms with Crippen molar-refractivity contribution in [3.8, 4) is 0 Å². The Labute approximate surface area is 124 Å². The average molecular weight is 314 g/mol. The number of benzene rings is 1. The number of aryl methyl sites for hydroxylation is 1. The summed E-state index contributed by atoms with van der Waals surface area (Å²) in [5.41, 5.74) is 7.03. The third-order valence-electron chi connectivity index (χ3n) is 2.56. The molecule has 1 aromatic heterocycles. The summed E-state index contributed by atoms with van der Waals surface area (Å²) in [6.45, 7) is 1.76. The molecule has 1 aromatic carbocycles. The lowest BCUT2D eigenvalue weighted by atomic mass is 10.2. The Morgan fingerprint density at radius 3 is 2.45 bits per heavy atom.